The second-order valence-electron chi connectivity index (χ2n) is 5.50. The maximum absolute atomic E-state index is 10.0. The van der Waals surface area contributed by atoms with Gasteiger partial charge < -0.3 is 5.11 Å². The van der Waals surface area contributed by atoms with Gasteiger partial charge in [0.15, 0.2) is 0 Å². The maximum atomic E-state index is 10.0. The normalized spacial score (nSPS) is 26.8. The minimum atomic E-state index is -0.473. The second-order valence-corrected chi connectivity index (χ2v) is 5.50. The van der Waals surface area contributed by atoms with Crippen molar-refractivity contribution in [2.45, 2.75) is 45.3 Å². The molecule has 1 saturated heterocycles. The SMILES string of the molecule is Cc1cncc(CN2CCCC(C)(O)CC2)c1. The Kier molecular flexibility index (Phi) is 3.79. The van der Waals surface area contributed by atoms with E-state index in [0.717, 1.165) is 38.9 Å². The Hall–Kier alpha value is -0.930. The van der Waals surface area contributed by atoms with Crippen LogP contribution in [0.4, 0.5) is 0 Å². The fourth-order valence-corrected chi connectivity index (χ4v) is 2.44. The number of likely N-dealkylation sites (tertiary alicyclic amines) is 1. The van der Waals surface area contributed by atoms with Crippen LogP contribution in [0, 0.1) is 6.92 Å². The van der Waals surface area contributed by atoms with Crippen molar-refractivity contribution < 1.29 is 5.11 Å². The summed E-state index contributed by atoms with van der Waals surface area (Å²) in [6.07, 6.45) is 6.68. The molecule has 0 aromatic carbocycles. The largest absolute Gasteiger partial charge is 0.390 e. The molecule has 1 aliphatic rings. The van der Waals surface area contributed by atoms with Gasteiger partial charge in [-0.25, -0.2) is 0 Å². The van der Waals surface area contributed by atoms with Crippen LogP contribution in [0.1, 0.15) is 37.3 Å². The lowest BCUT2D eigenvalue weighted by Crippen LogP contribution is -2.28. The topological polar surface area (TPSA) is 36.4 Å². The first-order valence-electron chi connectivity index (χ1n) is 6.40. The van der Waals surface area contributed by atoms with Crippen LogP contribution >= 0.6 is 0 Å². The van der Waals surface area contributed by atoms with Gasteiger partial charge in [-0.2, -0.15) is 0 Å². The highest BCUT2D eigenvalue weighted by Crippen LogP contribution is 2.22. The fourth-order valence-electron chi connectivity index (χ4n) is 2.44. The number of rotatable bonds is 2. The summed E-state index contributed by atoms with van der Waals surface area (Å²) < 4.78 is 0. The molecule has 17 heavy (non-hydrogen) atoms. The van der Waals surface area contributed by atoms with Crippen LogP contribution in [-0.2, 0) is 6.54 Å². The third-order valence-corrected chi connectivity index (χ3v) is 3.49. The van der Waals surface area contributed by atoms with Crippen LogP contribution in [0.3, 0.4) is 0 Å². The third kappa shape index (κ3) is 3.79. The molecule has 94 valence electrons. The Labute approximate surface area is 103 Å². The van der Waals surface area contributed by atoms with E-state index in [-0.39, 0.29) is 0 Å². The molecule has 1 atom stereocenters. The van der Waals surface area contributed by atoms with Crippen LogP contribution in [0.2, 0.25) is 0 Å². The Bertz CT molecular complexity index is 376. The molecule has 0 bridgehead atoms. The number of aryl methyl sites for hydroxylation is 1. The van der Waals surface area contributed by atoms with Gasteiger partial charge in [-0.15, -0.1) is 0 Å². The Morgan fingerprint density at radius 3 is 2.94 bits per heavy atom. The van der Waals surface area contributed by atoms with Crippen LogP contribution < -0.4 is 0 Å². The van der Waals surface area contributed by atoms with Crippen molar-refractivity contribution in [1.29, 1.82) is 0 Å². The minimum Gasteiger partial charge on any atom is -0.390 e. The average molecular weight is 234 g/mol. The first-order chi connectivity index (χ1) is 8.05. The van der Waals surface area contributed by atoms with E-state index in [4.69, 9.17) is 0 Å². The van der Waals surface area contributed by atoms with Crippen LogP contribution in [-0.4, -0.2) is 33.7 Å². The van der Waals surface area contributed by atoms with E-state index in [0.29, 0.717) is 0 Å². The highest BCUT2D eigenvalue weighted by atomic mass is 16.3. The quantitative estimate of drug-likeness (QED) is 0.851. The van der Waals surface area contributed by atoms with Crippen molar-refractivity contribution in [1.82, 2.24) is 9.88 Å². The van der Waals surface area contributed by atoms with Crippen molar-refractivity contribution in [3.8, 4) is 0 Å². The maximum Gasteiger partial charge on any atom is 0.0632 e. The molecule has 1 fully saturated rings. The molecular weight excluding hydrogens is 212 g/mol. The summed E-state index contributed by atoms with van der Waals surface area (Å²) in [5.41, 5.74) is 2.01. The first-order valence-corrected chi connectivity index (χ1v) is 6.40. The van der Waals surface area contributed by atoms with Crippen LogP contribution in [0.15, 0.2) is 18.5 Å². The van der Waals surface area contributed by atoms with Gasteiger partial charge in [-0.05, 0) is 50.8 Å². The van der Waals surface area contributed by atoms with Crippen molar-refractivity contribution in [3.63, 3.8) is 0 Å². The van der Waals surface area contributed by atoms with E-state index in [1.54, 1.807) is 0 Å². The number of pyridine rings is 1. The highest BCUT2D eigenvalue weighted by Gasteiger charge is 2.24. The summed E-state index contributed by atoms with van der Waals surface area (Å²) in [7, 11) is 0. The minimum absolute atomic E-state index is 0.473. The van der Waals surface area contributed by atoms with Crippen LogP contribution in [0.25, 0.3) is 0 Å². The van der Waals surface area contributed by atoms with Gasteiger partial charge in [0, 0.05) is 25.5 Å². The molecule has 0 spiro atoms. The summed E-state index contributed by atoms with van der Waals surface area (Å²) in [6, 6.07) is 2.19. The highest BCUT2D eigenvalue weighted by molar-refractivity contribution is 5.16. The smallest absolute Gasteiger partial charge is 0.0632 e. The van der Waals surface area contributed by atoms with E-state index < -0.39 is 5.60 Å². The second kappa shape index (κ2) is 5.15. The molecule has 1 aliphatic heterocycles. The van der Waals surface area contributed by atoms with E-state index >= 15 is 0 Å². The van der Waals surface area contributed by atoms with Gasteiger partial charge in [0.1, 0.15) is 0 Å². The molecule has 0 radical (unpaired) electrons. The standard InChI is InChI=1S/C14H22N2O/c1-12-8-13(10-15-9-12)11-16-6-3-4-14(2,17)5-7-16/h8-10,17H,3-7,11H2,1-2H3. The Balaban J connectivity index is 1.95. The molecule has 2 heterocycles. The lowest BCUT2D eigenvalue weighted by molar-refractivity contribution is 0.0444. The average Bonchev–Trinajstić information content (AvgIpc) is 2.41. The Morgan fingerprint density at radius 2 is 2.18 bits per heavy atom. The molecule has 1 aromatic rings. The molecule has 0 saturated carbocycles. The van der Waals surface area contributed by atoms with Gasteiger partial charge in [-0.3, -0.25) is 9.88 Å². The van der Waals surface area contributed by atoms with E-state index in [9.17, 15) is 5.11 Å². The number of hydrogen-bond donors (Lipinski definition) is 1. The Morgan fingerprint density at radius 1 is 1.35 bits per heavy atom. The molecule has 0 aliphatic carbocycles. The molecule has 1 N–H and O–H groups in total. The van der Waals surface area contributed by atoms with Crippen molar-refractivity contribution in [2.24, 2.45) is 0 Å². The monoisotopic (exact) mass is 234 g/mol. The summed E-state index contributed by atoms with van der Waals surface area (Å²) >= 11 is 0. The van der Waals surface area contributed by atoms with E-state index in [1.165, 1.54) is 11.1 Å². The van der Waals surface area contributed by atoms with Gasteiger partial charge in [-0.1, -0.05) is 6.07 Å². The van der Waals surface area contributed by atoms with Crippen LogP contribution in [0.5, 0.6) is 0 Å². The molecule has 3 heteroatoms. The summed E-state index contributed by atoms with van der Waals surface area (Å²) in [4.78, 5) is 6.64. The molecule has 1 aromatic heterocycles. The predicted octanol–water partition coefficient (Wildman–Crippen LogP) is 2.13. The lowest BCUT2D eigenvalue weighted by atomic mass is 9.98. The van der Waals surface area contributed by atoms with Crippen molar-refractivity contribution >= 4 is 0 Å². The summed E-state index contributed by atoms with van der Waals surface area (Å²) in [6.45, 7) is 7.02. The number of hydrogen-bond acceptors (Lipinski definition) is 3. The van der Waals surface area contributed by atoms with Crippen molar-refractivity contribution in [2.75, 3.05) is 13.1 Å². The van der Waals surface area contributed by atoms with Gasteiger partial charge in [0.25, 0.3) is 0 Å². The lowest BCUT2D eigenvalue weighted by Gasteiger charge is -2.22. The molecular formula is C14H22N2O. The fraction of sp³-hybridized carbons (Fsp3) is 0.643. The van der Waals surface area contributed by atoms with Gasteiger partial charge in [0.2, 0.25) is 0 Å². The predicted molar refractivity (Wildman–Crippen MR) is 68.7 cm³/mol. The van der Waals surface area contributed by atoms with E-state index in [1.807, 2.05) is 19.3 Å². The zero-order valence-corrected chi connectivity index (χ0v) is 10.8. The zero-order valence-electron chi connectivity index (χ0n) is 10.8. The summed E-state index contributed by atoms with van der Waals surface area (Å²) in [5, 5.41) is 10.0. The van der Waals surface area contributed by atoms with Gasteiger partial charge >= 0.3 is 0 Å². The molecule has 3 nitrogen and oxygen atoms in total. The van der Waals surface area contributed by atoms with Gasteiger partial charge in [0.05, 0.1) is 5.60 Å². The summed E-state index contributed by atoms with van der Waals surface area (Å²) in [5.74, 6) is 0. The third-order valence-electron chi connectivity index (χ3n) is 3.49. The molecule has 2 rings (SSSR count). The number of nitrogens with zero attached hydrogens (tertiary/aromatic N) is 2. The zero-order chi connectivity index (χ0) is 12.3. The first kappa shape index (κ1) is 12.5. The number of aliphatic hydroxyl groups is 1. The molecule has 1 unspecified atom stereocenters. The van der Waals surface area contributed by atoms with E-state index in [2.05, 4.69) is 22.9 Å². The molecule has 0 amide bonds. The number of aromatic nitrogens is 1. The van der Waals surface area contributed by atoms with Crippen molar-refractivity contribution in [3.05, 3.63) is 29.6 Å².